The van der Waals surface area contributed by atoms with Crippen LogP contribution in [0.25, 0.3) is 0 Å². The highest BCUT2D eigenvalue weighted by Crippen LogP contribution is 2.32. The van der Waals surface area contributed by atoms with E-state index in [0.29, 0.717) is 12.8 Å². The van der Waals surface area contributed by atoms with Gasteiger partial charge in [0.15, 0.2) is 0 Å². The topological polar surface area (TPSA) is 78.4 Å². The minimum atomic E-state index is -1.00. The minimum absolute atomic E-state index is 0.191. The molecule has 1 atom stereocenters. The summed E-state index contributed by atoms with van der Waals surface area (Å²) in [7, 11) is 0. The van der Waals surface area contributed by atoms with Crippen molar-refractivity contribution in [2.75, 3.05) is 11.5 Å². The van der Waals surface area contributed by atoms with E-state index in [9.17, 15) is 9.59 Å². The third kappa shape index (κ3) is 2.26. The van der Waals surface area contributed by atoms with Crippen molar-refractivity contribution in [1.29, 1.82) is 0 Å². The van der Waals surface area contributed by atoms with Crippen LogP contribution in [0.15, 0.2) is 0 Å². The second-order valence-electron chi connectivity index (χ2n) is 4.40. The second-order valence-corrected chi connectivity index (χ2v) is 5.55. The molecule has 0 radical (unpaired) electrons. The lowest BCUT2D eigenvalue weighted by molar-refractivity contribution is -0.148. The van der Waals surface area contributed by atoms with Gasteiger partial charge in [0.2, 0.25) is 0 Å². The Morgan fingerprint density at radius 3 is 2.56 bits per heavy atom. The van der Waals surface area contributed by atoms with E-state index >= 15 is 0 Å². The van der Waals surface area contributed by atoms with E-state index in [1.807, 2.05) is 11.8 Å². The molecule has 0 bridgehead atoms. The summed E-state index contributed by atoms with van der Waals surface area (Å²) in [5.74, 6) is 1.07. The van der Waals surface area contributed by atoms with Crippen LogP contribution in [-0.4, -0.2) is 40.2 Å². The summed E-state index contributed by atoms with van der Waals surface area (Å²) >= 11 is 1.81. The predicted molar refractivity (Wildman–Crippen MR) is 61.6 cm³/mol. The van der Waals surface area contributed by atoms with E-state index in [0.717, 1.165) is 24.3 Å². The van der Waals surface area contributed by atoms with Crippen molar-refractivity contribution in [2.45, 2.75) is 37.3 Å². The Kier molecular flexibility index (Phi) is 3.28. The Morgan fingerprint density at radius 1 is 1.38 bits per heavy atom. The fraction of sp³-hybridized carbons (Fsp3) is 0.800. The molecule has 6 heteroatoms. The van der Waals surface area contributed by atoms with E-state index in [1.165, 1.54) is 0 Å². The summed E-state index contributed by atoms with van der Waals surface area (Å²) in [6.07, 6.45) is 2.91. The van der Waals surface area contributed by atoms with Crippen LogP contribution in [0.5, 0.6) is 0 Å². The maximum absolute atomic E-state index is 11.6. The number of rotatable bonds is 3. The molecule has 5 nitrogen and oxygen atoms in total. The average Bonchev–Trinajstić information content (AvgIpc) is 2.63. The number of hydrogen-bond donors (Lipinski definition) is 3. The van der Waals surface area contributed by atoms with Crippen molar-refractivity contribution in [3.8, 4) is 0 Å². The van der Waals surface area contributed by atoms with E-state index in [2.05, 4.69) is 10.6 Å². The molecule has 1 saturated carbocycles. The fourth-order valence-corrected chi connectivity index (χ4v) is 3.16. The first-order chi connectivity index (χ1) is 7.62. The molecule has 2 amide bonds. The van der Waals surface area contributed by atoms with Gasteiger partial charge < -0.3 is 15.7 Å². The molecule has 2 rings (SSSR count). The standard InChI is InChI=1S/C10H16N2O3S/c13-8(14)10(3-1-4-10)12-9(15)11-7-2-5-16-6-7/h7H,1-6H2,(H,13,14)(H2,11,12,15). The summed E-state index contributed by atoms with van der Waals surface area (Å²) < 4.78 is 0. The molecule has 16 heavy (non-hydrogen) atoms. The predicted octanol–water partition coefficient (Wildman–Crippen LogP) is 0.798. The monoisotopic (exact) mass is 244 g/mol. The van der Waals surface area contributed by atoms with Crippen molar-refractivity contribution in [2.24, 2.45) is 0 Å². The molecule has 1 unspecified atom stereocenters. The highest BCUT2D eigenvalue weighted by atomic mass is 32.2. The van der Waals surface area contributed by atoms with E-state index in [1.54, 1.807) is 0 Å². The number of carboxylic acid groups (broad SMARTS) is 1. The molecule has 1 aliphatic heterocycles. The molecule has 0 aromatic rings. The maximum atomic E-state index is 11.6. The van der Waals surface area contributed by atoms with E-state index < -0.39 is 11.5 Å². The molecule has 0 spiro atoms. The number of thioether (sulfide) groups is 1. The van der Waals surface area contributed by atoms with Crippen LogP contribution in [0.1, 0.15) is 25.7 Å². The largest absolute Gasteiger partial charge is 0.480 e. The van der Waals surface area contributed by atoms with Crippen molar-refractivity contribution < 1.29 is 14.7 Å². The van der Waals surface area contributed by atoms with Crippen molar-refractivity contribution >= 4 is 23.8 Å². The van der Waals surface area contributed by atoms with Gasteiger partial charge >= 0.3 is 12.0 Å². The fourth-order valence-electron chi connectivity index (χ4n) is 2.01. The molecule has 2 fully saturated rings. The summed E-state index contributed by atoms with van der Waals surface area (Å²) in [6.45, 7) is 0. The summed E-state index contributed by atoms with van der Waals surface area (Å²) in [6, 6.07) is -0.148. The van der Waals surface area contributed by atoms with Crippen LogP contribution in [-0.2, 0) is 4.79 Å². The van der Waals surface area contributed by atoms with Gasteiger partial charge in [-0.05, 0) is 31.4 Å². The van der Waals surface area contributed by atoms with E-state index in [4.69, 9.17) is 5.11 Å². The highest BCUT2D eigenvalue weighted by Gasteiger charge is 2.45. The van der Waals surface area contributed by atoms with Crippen LogP contribution in [0.4, 0.5) is 4.79 Å². The molecule has 2 aliphatic rings. The average molecular weight is 244 g/mol. The zero-order valence-corrected chi connectivity index (χ0v) is 9.81. The molecule has 0 aromatic heterocycles. The second kappa shape index (κ2) is 4.53. The molecule has 1 aliphatic carbocycles. The van der Waals surface area contributed by atoms with Crippen LogP contribution in [0.2, 0.25) is 0 Å². The number of urea groups is 1. The maximum Gasteiger partial charge on any atom is 0.329 e. The van der Waals surface area contributed by atoms with Gasteiger partial charge in [0.1, 0.15) is 5.54 Å². The molecule has 90 valence electrons. The SMILES string of the molecule is O=C(NC1CCSC1)NC1(C(=O)O)CCC1. The summed E-state index contributed by atoms with van der Waals surface area (Å²) in [4.78, 5) is 22.6. The first-order valence-corrected chi connectivity index (χ1v) is 6.68. The third-order valence-electron chi connectivity index (χ3n) is 3.23. The lowest BCUT2D eigenvalue weighted by Gasteiger charge is -2.38. The Bertz CT molecular complexity index is 298. The van der Waals surface area contributed by atoms with Crippen molar-refractivity contribution in [1.82, 2.24) is 10.6 Å². The van der Waals surface area contributed by atoms with E-state index in [-0.39, 0.29) is 12.1 Å². The molecule has 0 aromatic carbocycles. The highest BCUT2D eigenvalue weighted by molar-refractivity contribution is 7.99. The first kappa shape index (κ1) is 11.6. The number of aliphatic carboxylic acids is 1. The van der Waals surface area contributed by atoms with Crippen molar-refractivity contribution in [3.63, 3.8) is 0 Å². The quantitative estimate of drug-likeness (QED) is 0.686. The van der Waals surface area contributed by atoms with Crippen LogP contribution in [0.3, 0.4) is 0 Å². The van der Waals surface area contributed by atoms with Gasteiger partial charge in [0.25, 0.3) is 0 Å². The normalized spacial score (nSPS) is 26.9. The number of hydrogen-bond acceptors (Lipinski definition) is 3. The van der Waals surface area contributed by atoms with Crippen molar-refractivity contribution in [3.05, 3.63) is 0 Å². The molecule has 1 saturated heterocycles. The summed E-state index contributed by atoms with van der Waals surface area (Å²) in [5.41, 5.74) is -1.00. The van der Waals surface area contributed by atoms with Gasteiger partial charge in [-0.1, -0.05) is 0 Å². The zero-order chi connectivity index (χ0) is 11.6. The van der Waals surface area contributed by atoms with Gasteiger partial charge in [-0.2, -0.15) is 11.8 Å². The smallest absolute Gasteiger partial charge is 0.329 e. The molecular formula is C10H16N2O3S. The third-order valence-corrected chi connectivity index (χ3v) is 4.40. The Morgan fingerprint density at radius 2 is 2.12 bits per heavy atom. The Balaban J connectivity index is 1.83. The molecular weight excluding hydrogens is 228 g/mol. The van der Waals surface area contributed by atoms with Crippen LogP contribution >= 0.6 is 11.8 Å². The number of nitrogens with one attached hydrogen (secondary N) is 2. The molecule has 3 N–H and O–H groups in total. The number of carbonyl (C=O) groups is 2. The Hall–Kier alpha value is -0.910. The summed E-state index contributed by atoms with van der Waals surface area (Å²) in [5, 5.41) is 14.5. The van der Waals surface area contributed by atoms with Gasteiger partial charge in [0.05, 0.1) is 0 Å². The molecule has 1 heterocycles. The van der Waals surface area contributed by atoms with Gasteiger partial charge in [-0.25, -0.2) is 9.59 Å². The lowest BCUT2D eigenvalue weighted by atomic mass is 9.77. The zero-order valence-electron chi connectivity index (χ0n) is 8.99. The van der Waals surface area contributed by atoms with Gasteiger partial charge in [-0.3, -0.25) is 0 Å². The minimum Gasteiger partial charge on any atom is -0.480 e. The first-order valence-electron chi connectivity index (χ1n) is 5.52. The number of carbonyl (C=O) groups excluding carboxylic acids is 1. The van der Waals surface area contributed by atoms with Crippen LogP contribution in [0, 0.1) is 0 Å². The van der Waals surface area contributed by atoms with Crippen LogP contribution < -0.4 is 10.6 Å². The number of carboxylic acids is 1. The van der Waals surface area contributed by atoms with Gasteiger partial charge in [-0.15, -0.1) is 0 Å². The lowest BCUT2D eigenvalue weighted by Crippen LogP contribution is -2.62. The number of amides is 2. The van der Waals surface area contributed by atoms with Gasteiger partial charge in [0, 0.05) is 11.8 Å². The Labute approximate surface area is 98.4 Å².